The molecule has 0 spiro atoms. The maximum Gasteiger partial charge on any atom is 0.269 e. The highest BCUT2D eigenvalue weighted by Gasteiger charge is 2.10. The van der Waals surface area contributed by atoms with Crippen LogP contribution in [-0.2, 0) is 4.74 Å². The van der Waals surface area contributed by atoms with Gasteiger partial charge in [0.15, 0.2) is 0 Å². The molecule has 0 saturated carbocycles. The van der Waals surface area contributed by atoms with E-state index < -0.39 is 0 Å². The first-order chi connectivity index (χ1) is 9.79. The number of carbonyl (C=O) groups excluding carboxylic acids is 1. The molecule has 6 heteroatoms. The van der Waals surface area contributed by atoms with Gasteiger partial charge in [-0.05, 0) is 19.1 Å². The van der Waals surface area contributed by atoms with Gasteiger partial charge in [-0.1, -0.05) is 0 Å². The standard InChI is InChI=1S/C14H22N4O2/c1-2-15-14(19)13-11-12(3-4-17-13)16-5-6-18-7-9-20-10-8-18/h3-4,11H,2,5-10H2,1H3,(H,15,19)(H,16,17). The lowest BCUT2D eigenvalue weighted by Crippen LogP contribution is -2.39. The van der Waals surface area contributed by atoms with E-state index in [0.717, 1.165) is 45.1 Å². The van der Waals surface area contributed by atoms with E-state index in [1.807, 2.05) is 13.0 Å². The molecule has 1 aliphatic heterocycles. The van der Waals surface area contributed by atoms with Gasteiger partial charge in [0.25, 0.3) is 5.91 Å². The summed E-state index contributed by atoms with van der Waals surface area (Å²) in [5.74, 6) is -0.135. The highest BCUT2D eigenvalue weighted by Crippen LogP contribution is 2.08. The number of hydrogen-bond acceptors (Lipinski definition) is 5. The number of nitrogens with zero attached hydrogens (tertiary/aromatic N) is 2. The molecule has 0 aromatic carbocycles. The molecule has 0 radical (unpaired) electrons. The van der Waals surface area contributed by atoms with Crippen LogP contribution in [0.4, 0.5) is 5.69 Å². The number of rotatable bonds is 6. The van der Waals surface area contributed by atoms with Gasteiger partial charge in [0.2, 0.25) is 0 Å². The summed E-state index contributed by atoms with van der Waals surface area (Å²) < 4.78 is 5.31. The average molecular weight is 278 g/mol. The fourth-order valence-corrected chi connectivity index (χ4v) is 2.10. The zero-order valence-corrected chi connectivity index (χ0v) is 11.9. The van der Waals surface area contributed by atoms with Crippen LogP contribution in [0.2, 0.25) is 0 Å². The molecule has 0 atom stereocenters. The average Bonchev–Trinajstić information content (AvgIpc) is 2.49. The predicted molar refractivity (Wildman–Crippen MR) is 78.0 cm³/mol. The second-order valence-corrected chi connectivity index (χ2v) is 4.67. The number of pyridine rings is 1. The van der Waals surface area contributed by atoms with Crippen LogP contribution in [0.25, 0.3) is 0 Å². The van der Waals surface area contributed by atoms with Crippen LogP contribution in [0.1, 0.15) is 17.4 Å². The number of anilines is 1. The topological polar surface area (TPSA) is 66.5 Å². The Bertz CT molecular complexity index is 433. The maximum atomic E-state index is 11.7. The van der Waals surface area contributed by atoms with E-state index >= 15 is 0 Å². The third kappa shape index (κ3) is 4.47. The van der Waals surface area contributed by atoms with Gasteiger partial charge in [-0.25, -0.2) is 0 Å². The number of aromatic nitrogens is 1. The van der Waals surface area contributed by atoms with E-state index in [0.29, 0.717) is 12.2 Å². The molecule has 1 aromatic heterocycles. The summed E-state index contributed by atoms with van der Waals surface area (Å²) >= 11 is 0. The predicted octanol–water partition coefficient (Wildman–Crippen LogP) is 0.575. The molecule has 1 amide bonds. The van der Waals surface area contributed by atoms with Gasteiger partial charge in [0.1, 0.15) is 5.69 Å². The highest BCUT2D eigenvalue weighted by atomic mass is 16.5. The number of hydrogen-bond donors (Lipinski definition) is 2. The normalized spacial score (nSPS) is 15.8. The Morgan fingerprint density at radius 2 is 2.25 bits per heavy atom. The molecule has 1 saturated heterocycles. The number of amides is 1. The monoisotopic (exact) mass is 278 g/mol. The summed E-state index contributed by atoms with van der Waals surface area (Å²) in [4.78, 5) is 18.1. The Morgan fingerprint density at radius 1 is 1.45 bits per heavy atom. The van der Waals surface area contributed by atoms with Gasteiger partial charge in [-0.3, -0.25) is 14.7 Å². The van der Waals surface area contributed by atoms with Gasteiger partial charge in [0, 0.05) is 44.6 Å². The van der Waals surface area contributed by atoms with Crippen molar-refractivity contribution in [1.29, 1.82) is 0 Å². The van der Waals surface area contributed by atoms with Crippen molar-refractivity contribution < 1.29 is 9.53 Å². The lowest BCUT2D eigenvalue weighted by molar-refractivity contribution is 0.0398. The molecule has 110 valence electrons. The fourth-order valence-electron chi connectivity index (χ4n) is 2.10. The van der Waals surface area contributed by atoms with E-state index in [-0.39, 0.29) is 5.91 Å². The molecule has 2 heterocycles. The number of carbonyl (C=O) groups is 1. The van der Waals surface area contributed by atoms with Crippen LogP contribution in [0, 0.1) is 0 Å². The van der Waals surface area contributed by atoms with Gasteiger partial charge in [-0.15, -0.1) is 0 Å². The van der Waals surface area contributed by atoms with Crippen molar-refractivity contribution in [1.82, 2.24) is 15.2 Å². The zero-order valence-electron chi connectivity index (χ0n) is 11.9. The van der Waals surface area contributed by atoms with Crippen molar-refractivity contribution in [3.8, 4) is 0 Å². The molecular formula is C14H22N4O2. The third-order valence-corrected chi connectivity index (χ3v) is 3.19. The summed E-state index contributed by atoms with van der Waals surface area (Å²) in [6.07, 6.45) is 1.65. The van der Waals surface area contributed by atoms with Crippen LogP contribution < -0.4 is 10.6 Å². The van der Waals surface area contributed by atoms with Gasteiger partial charge in [0.05, 0.1) is 13.2 Å². The Morgan fingerprint density at radius 3 is 3.00 bits per heavy atom. The lowest BCUT2D eigenvalue weighted by Gasteiger charge is -2.26. The minimum atomic E-state index is -0.135. The van der Waals surface area contributed by atoms with Crippen LogP contribution in [-0.4, -0.2) is 61.7 Å². The maximum absolute atomic E-state index is 11.7. The molecule has 0 bridgehead atoms. The van der Waals surface area contributed by atoms with Crippen molar-refractivity contribution in [2.24, 2.45) is 0 Å². The minimum Gasteiger partial charge on any atom is -0.384 e. The molecule has 1 aliphatic rings. The second-order valence-electron chi connectivity index (χ2n) is 4.67. The lowest BCUT2D eigenvalue weighted by atomic mass is 10.3. The Hall–Kier alpha value is -1.66. The zero-order chi connectivity index (χ0) is 14.2. The van der Waals surface area contributed by atoms with E-state index in [1.165, 1.54) is 0 Å². The molecule has 1 fully saturated rings. The second kappa shape index (κ2) is 7.81. The molecule has 2 N–H and O–H groups in total. The van der Waals surface area contributed by atoms with Crippen molar-refractivity contribution in [3.05, 3.63) is 24.0 Å². The first kappa shape index (κ1) is 14.7. The van der Waals surface area contributed by atoms with E-state index in [1.54, 1.807) is 12.3 Å². The highest BCUT2D eigenvalue weighted by molar-refractivity contribution is 5.93. The first-order valence-electron chi connectivity index (χ1n) is 7.08. The molecule has 0 unspecified atom stereocenters. The van der Waals surface area contributed by atoms with E-state index in [9.17, 15) is 4.79 Å². The van der Waals surface area contributed by atoms with Crippen molar-refractivity contribution in [2.75, 3.05) is 51.3 Å². The van der Waals surface area contributed by atoms with E-state index in [2.05, 4.69) is 20.5 Å². The van der Waals surface area contributed by atoms with E-state index in [4.69, 9.17) is 4.74 Å². The largest absolute Gasteiger partial charge is 0.384 e. The minimum absolute atomic E-state index is 0.135. The van der Waals surface area contributed by atoms with Crippen LogP contribution in [0.15, 0.2) is 18.3 Å². The molecule has 0 aliphatic carbocycles. The number of morpholine rings is 1. The summed E-state index contributed by atoms with van der Waals surface area (Å²) in [6, 6.07) is 3.66. The number of nitrogens with one attached hydrogen (secondary N) is 2. The third-order valence-electron chi connectivity index (χ3n) is 3.19. The SMILES string of the molecule is CCNC(=O)c1cc(NCCN2CCOCC2)ccn1. The summed E-state index contributed by atoms with van der Waals surface area (Å²) in [5, 5.41) is 6.07. The van der Waals surface area contributed by atoms with Crippen molar-refractivity contribution in [2.45, 2.75) is 6.92 Å². The summed E-state index contributed by atoms with van der Waals surface area (Å²) in [6.45, 7) is 7.93. The quantitative estimate of drug-likeness (QED) is 0.796. The van der Waals surface area contributed by atoms with Crippen LogP contribution in [0.3, 0.4) is 0 Å². The Balaban J connectivity index is 1.80. The summed E-state index contributed by atoms with van der Waals surface area (Å²) in [7, 11) is 0. The Labute approximate surface area is 119 Å². The van der Waals surface area contributed by atoms with Crippen molar-refractivity contribution in [3.63, 3.8) is 0 Å². The van der Waals surface area contributed by atoms with Crippen molar-refractivity contribution >= 4 is 11.6 Å². The smallest absolute Gasteiger partial charge is 0.269 e. The molecular weight excluding hydrogens is 256 g/mol. The fraction of sp³-hybridized carbons (Fsp3) is 0.571. The van der Waals surface area contributed by atoms with Gasteiger partial charge < -0.3 is 15.4 Å². The van der Waals surface area contributed by atoms with Crippen LogP contribution >= 0.6 is 0 Å². The molecule has 20 heavy (non-hydrogen) atoms. The summed E-state index contributed by atoms with van der Waals surface area (Å²) in [5.41, 5.74) is 1.37. The molecule has 6 nitrogen and oxygen atoms in total. The number of ether oxygens (including phenoxy) is 1. The molecule has 2 rings (SSSR count). The first-order valence-corrected chi connectivity index (χ1v) is 7.08. The van der Waals surface area contributed by atoms with Gasteiger partial charge in [-0.2, -0.15) is 0 Å². The van der Waals surface area contributed by atoms with Gasteiger partial charge >= 0.3 is 0 Å². The Kier molecular flexibility index (Phi) is 5.76. The molecule has 1 aromatic rings. The van der Waals surface area contributed by atoms with Crippen LogP contribution in [0.5, 0.6) is 0 Å².